The lowest BCUT2D eigenvalue weighted by molar-refractivity contribution is -0.135. The van der Waals surface area contributed by atoms with Crippen LogP contribution < -0.4 is 18.9 Å². The van der Waals surface area contributed by atoms with E-state index >= 15 is 0 Å². The summed E-state index contributed by atoms with van der Waals surface area (Å²) in [6, 6.07) is 12.1. The first-order valence-corrected chi connectivity index (χ1v) is 9.66. The number of allylic oxidation sites excluding steroid dienone is 1. The summed E-state index contributed by atoms with van der Waals surface area (Å²) < 4.78 is 27.6. The van der Waals surface area contributed by atoms with Gasteiger partial charge in [-0.1, -0.05) is 6.07 Å². The highest BCUT2D eigenvalue weighted by Gasteiger charge is 2.39. The summed E-state index contributed by atoms with van der Waals surface area (Å²) in [5.74, 6) is 1.67. The van der Waals surface area contributed by atoms with Gasteiger partial charge in [-0.2, -0.15) is 0 Å². The molecule has 2 aliphatic heterocycles. The third-order valence-corrected chi connectivity index (χ3v) is 5.37. The molecule has 0 bridgehead atoms. The highest BCUT2D eigenvalue weighted by molar-refractivity contribution is 6.15. The molecule has 31 heavy (non-hydrogen) atoms. The number of hydrogen-bond donors (Lipinski definition) is 0. The van der Waals surface area contributed by atoms with Crippen LogP contribution in [-0.2, 0) is 4.79 Å². The van der Waals surface area contributed by atoms with Crippen molar-refractivity contribution in [3.8, 4) is 23.0 Å². The summed E-state index contributed by atoms with van der Waals surface area (Å²) in [6.07, 6.45) is 3.29. The monoisotopic (exact) mass is 418 g/mol. The van der Waals surface area contributed by atoms with Gasteiger partial charge in [-0.05, 0) is 48.0 Å². The molecule has 1 unspecified atom stereocenters. The van der Waals surface area contributed by atoms with Crippen LogP contribution in [0.25, 0.3) is 6.08 Å². The van der Waals surface area contributed by atoms with E-state index in [-0.39, 0.29) is 23.9 Å². The van der Waals surface area contributed by atoms with E-state index in [2.05, 4.69) is 0 Å². The van der Waals surface area contributed by atoms with Crippen LogP contribution in [-0.4, -0.2) is 26.0 Å². The van der Waals surface area contributed by atoms with Crippen molar-refractivity contribution < 1.29 is 33.0 Å². The molecule has 1 atom stereocenters. The predicted octanol–water partition coefficient (Wildman–Crippen LogP) is 4.35. The van der Waals surface area contributed by atoms with E-state index in [1.807, 2.05) is 0 Å². The zero-order valence-corrected chi connectivity index (χ0v) is 16.8. The zero-order valence-electron chi connectivity index (χ0n) is 16.8. The molecule has 1 aromatic heterocycles. The largest absolute Gasteiger partial charge is 0.493 e. The molecule has 3 aromatic rings. The number of benzene rings is 2. The molecule has 7 nitrogen and oxygen atoms in total. The third-order valence-electron chi connectivity index (χ3n) is 5.37. The van der Waals surface area contributed by atoms with E-state index in [0.717, 1.165) is 5.56 Å². The molecule has 156 valence electrons. The van der Waals surface area contributed by atoms with Crippen molar-refractivity contribution in [1.82, 2.24) is 0 Å². The molecule has 0 N–H and O–H groups in total. The lowest BCUT2D eigenvalue weighted by atomic mass is 9.88. The highest BCUT2D eigenvalue weighted by atomic mass is 16.5. The van der Waals surface area contributed by atoms with Crippen LogP contribution in [0.4, 0.5) is 0 Å². The number of rotatable bonds is 4. The first-order valence-electron chi connectivity index (χ1n) is 9.66. The van der Waals surface area contributed by atoms with Gasteiger partial charge in [0.25, 0.3) is 0 Å². The molecular weight excluding hydrogens is 400 g/mol. The Morgan fingerprint density at radius 3 is 2.58 bits per heavy atom. The predicted molar refractivity (Wildman–Crippen MR) is 110 cm³/mol. The zero-order chi connectivity index (χ0) is 21.5. The number of fused-ring (bicyclic) bond motifs is 3. The first kappa shape index (κ1) is 19.0. The fraction of sp³-hybridized carbons (Fsp3) is 0.167. The first-order chi connectivity index (χ1) is 15.1. The molecule has 0 saturated carbocycles. The van der Waals surface area contributed by atoms with E-state index in [4.69, 9.17) is 23.4 Å². The number of ketones is 1. The second-order valence-corrected chi connectivity index (χ2v) is 7.15. The number of carbonyl (C=O) groups excluding carboxylic acids is 2. The fourth-order valence-electron chi connectivity index (χ4n) is 3.93. The number of hydrogen-bond acceptors (Lipinski definition) is 7. The minimum atomic E-state index is -0.394. The van der Waals surface area contributed by atoms with Gasteiger partial charge in [0.2, 0.25) is 5.78 Å². The summed E-state index contributed by atoms with van der Waals surface area (Å²) in [6.45, 7) is 0. The minimum Gasteiger partial charge on any atom is -0.493 e. The molecule has 2 aromatic carbocycles. The van der Waals surface area contributed by atoms with E-state index < -0.39 is 5.92 Å². The quantitative estimate of drug-likeness (QED) is 0.354. The van der Waals surface area contributed by atoms with Crippen LogP contribution in [0.5, 0.6) is 23.0 Å². The molecule has 0 radical (unpaired) electrons. The maximum absolute atomic E-state index is 13.0. The van der Waals surface area contributed by atoms with Gasteiger partial charge < -0.3 is 23.4 Å². The average molecular weight is 418 g/mol. The molecule has 0 spiro atoms. The Kier molecular flexibility index (Phi) is 4.51. The topological polar surface area (TPSA) is 84.2 Å². The normalized spacial score (nSPS) is 18.3. The van der Waals surface area contributed by atoms with E-state index in [0.29, 0.717) is 39.9 Å². The summed E-state index contributed by atoms with van der Waals surface area (Å²) in [7, 11) is 3.10. The Bertz CT molecular complexity index is 1220. The molecule has 0 saturated heterocycles. The van der Waals surface area contributed by atoms with Crippen molar-refractivity contribution in [3.63, 3.8) is 0 Å². The SMILES string of the molecule is COc1ccc(C=C2Oc3c(ccc4c3C(c3ccco3)CC(=O)O4)C2=O)cc1OC. The van der Waals surface area contributed by atoms with Crippen molar-refractivity contribution in [2.45, 2.75) is 12.3 Å². The summed E-state index contributed by atoms with van der Waals surface area (Å²) in [5, 5.41) is 0. The van der Waals surface area contributed by atoms with Crippen LogP contribution in [0.3, 0.4) is 0 Å². The molecule has 3 heterocycles. The molecule has 7 heteroatoms. The average Bonchev–Trinajstić information content (AvgIpc) is 3.42. The van der Waals surface area contributed by atoms with Crippen LogP contribution in [0.1, 0.15) is 39.6 Å². The number of methoxy groups -OCH3 is 2. The Hall–Kier alpha value is -4.00. The van der Waals surface area contributed by atoms with Gasteiger partial charge >= 0.3 is 5.97 Å². The number of carbonyl (C=O) groups is 2. The molecule has 5 rings (SSSR count). The van der Waals surface area contributed by atoms with Crippen molar-refractivity contribution >= 4 is 17.8 Å². The number of furan rings is 1. The molecule has 0 amide bonds. The fourth-order valence-corrected chi connectivity index (χ4v) is 3.93. The number of esters is 1. The van der Waals surface area contributed by atoms with Crippen LogP contribution in [0.2, 0.25) is 0 Å². The van der Waals surface area contributed by atoms with Crippen molar-refractivity contribution in [2.24, 2.45) is 0 Å². The number of Topliss-reactive ketones (excluding diaryl/α,β-unsaturated/α-hetero) is 1. The second kappa shape index (κ2) is 7.36. The summed E-state index contributed by atoms with van der Waals surface area (Å²) >= 11 is 0. The maximum atomic E-state index is 13.0. The van der Waals surface area contributed by atoms with Gasteiger partial charge in [-0.25, -0.2) is 0 Å². The lowest BCUT2D eigenvalue weighted by Crippen LogP contribution is -2.21. The third kappa shape index (κ3) is 3.15. The Morgan fingerprint density at radius 2 is 1.84 bits per heavy atom. The molecule has 2 aliphatic rings. The van der Waals surface area contributed by atoms with Gasteiger partial charge in [-0.15, -0.1) is 0 Å². The smallest absolute Gasteiger partial charge is 0.312 e. The second-order valence-electron chi connectivity index (χ2n) is 7.15. The van der Waals surface area contributed by atoms with Crippen LogP contribution >= 0.6 is 0 Å². The van der Waals surface area contributed by atoms with Crippen LogP contribution in [0.15, 0.2) is 58.9 Å². The van der Waals surface area contributed by atoms with E-state index in [9.17, 15) is 9.59 Å². The Balaban J connectivity index is 1.57. The molecular formula is C24H18O7. The number of ether oxygens (including phenoxy) is 4. The maximum Gasteiger partial charge on any atom is 0.312 e. The van der Waals surface area contributed by atoms with Gasteiger partial charge in [0.1, 0.15) is 17.3 Å². The minimum absolute atomic E-state index is 0.100. The van der Waals surface area contributed by atoms with Crippen molar-refractivity contribution in [2.75, 3.05) is 14.2 Å². The van der Waals surface area contributed by atoms with Gasteiger partial charge in [0.15, 0.2) is 17.3 Å². The Labute approximate surface area is 177 Å². The van der Waals surface area contributed by atoms with E-state index in [1.54, 1.807) is 69.0 Å². The Morgan fingerprint density at radius 1 is 1.00 bits per heavy atom. The van der Waals surface area contributed by atoms with Crippen molar-refractivity contribution in [1.29, 1.82) is 0 Å². The molecule has 0 fully saturated rings. The van der Waals surface area contributed by atoms with Crippen LogP contribution in [0, 0.1) is 0 Å². The van der Waals surface area contributed by atoms with Gasteiger partial charge in [-0.3, -0.25) is 9.59 Å². The lowest BCUT2D eigenvalue weighted by Gasteiger charge is -2.24. The van der Waals surface area contributed by atoms with Gasteiger partial charge in [0.05, 0.1) is 38.4 Å². The van der Waals surface area contributed by atoms with E-state index in [1.165, 1.54) is 0 Å². The summed E-state index contributed by atoms with van der Waals surface area (Å²) in [4.78, 5) is 25.2. The highest BCUT2D eigenvalue weighted by Crippen LogP contribution is 2.49. The molecule has 0 aliphatic carbocycles. The summed E-state index contributed by atoms with van der Waals surface area (Å²) in [5.41, 5.74) is 1.77. The van der Waals surface area contributed by atoms with Crippen molar-refractivity contribution in [3.05, 3.63) is 76.9 Å². The van der Waals surface area contributed by atoms with Gasteiger partial charge in [0, 0.05) is 5.56 Å². The standard InChI is InChI=1S/C24H18O7/c1-27-17-7-5-13(10-19(17)28-2)11-20-23(26)14-6-8-18-22(24(14)31-20)15(12-21(25)30-18)16-4-3-9-29-16/h3-11,15H,12H2,1-2H3.